The molecule has 0 saturated carbocycles. The Morgan fingerprint density at radius 3 is 2.42 bits per heavy atom. The van der Waals surface area contributed by atoms with Crippen molar-refractivity contribution in [3.05, 3.63) is 23.6 Å². The lowest BCUT2D eigenvalue weighted by Gasteiger charge is -2.02. The molecule has 0 aliphatic heterocycles. The SMILES string of the molecule is CC=CC(=O)S/C=C\C(=O)NCCCCCCCC. The first-order valence-corrected chi connectivity index (χ1v) is 7.86. The van der Waals surface area contributed by atoms with Crippen LogP contribution < -0.4 is 5.32 Å². The fourth-order valence-electron chi connectivity index (χ4n) is 1.51. The van der Waals surface area contributed by atoms with Crippen molar-refractivity contribution in [3.63, 3.8) is 0 Å². The third kappa shape index (κ3) is 13.2. The maximum Gasteiger partial charge on any atom is 0.244 e. The number of carbonyl (C=O) groups is 2. The molecule has 3 nitrogen and oxygen atoms in total. The summed E-state index contributed by atoms with van der Waals surface area (Å²) in [6, 6.07) is 0. The Morgan fingerprint density at radius 2 is 1.74 bits per heavy atom. The highest BCUT2D eigenvalue weighted by molar-refractivity contribution is 8.16. The van der Waals surface area contributed by atoms with E-state index in [4.69, 9.17) is 0 Å². The Labute approximate surface area is 120 Å². The van der Waals surface area contributed by atoms with Gasteiger partial charge in [0.15, 0.2) is 0 Å². The van der Waals surface area contributed by atoms with E-state index in [-0.39, 0.29) is 11.0 Å². The summed E-state index contributed by atoms with van der Waals surface area (Å²) in [6.07, 6.45) is 11.8. The molecule has 0 aromatic rings. The van der Waals surface area contributed by atoms with Gasteiger partial charge < -0.3 is 5.32 Å². The number of carbonyl (C=O) groups excluding carboxylic acids is 2. The first-order chi connectivity index (χ1) is 9.20. The van der Waals surface area contributed by atoms with Gasteiger partial charge >= 0.3 is 0 Å². The largest absolute Gasteiger partial charge is 0.353 e. The molecule has 0 aliphatic carbocycles. The fourth-order valence-corrected chi connectivity index (χ4v) is 2.05. The normalized spacial score (nSPS) is 11.3. The minimum absolute atomic E-state index is 0.0672. The highest BCUT2D eigenvalue weighted by atomic mass is 32.2. The number of thioether (sulfide) groups is 1. The van der Waals surface area contributed by atoms with E-state index in [9.17, 15) is 9.59 Å². The molecule has 0 bridgehead atoms. The third-order valence-corrected chi connectivity index (χ3v) is 3.18. The fraction of sp³-hybridized carbons (Fsp3) is 0.600. The van der Waals surface area contributed by atoms with Crippen LogP contribution in [0.1, 0.15) is 52.4 Å². The Bertz CT molecular complexity index is 311. The van der Waals surface area contributed by atoms with E-state index < -0.39 is 0 Å². The molecule has 1 N–H and O–H groups in total. The maximum atomic E-state index is 11.4. The molecule has 19 heavy (non-hydrogen) atoms. The number of amides is 1. The van der Waals surface area contributed by atoms with Crippen LogP contribution in [-0.2, 0) is 9.59 Å². The molecule has 108 valence electrons. The van der Waals surface area contributed by atoms with Gasteiger partial charge in [0, 0.05) is 12.6 Å². The van der Waals surface area contributed by atoms with Gasteiger partial charge in [0.2, 0.25) is 11.0 Å². The van der Waals surface area contributed by atoms with Crippen LogP contribution in [0.4, 0.5) is 0 Å². The predicted octanol–water partition coefficient (Wildman–Crippen LogP) is 3.81. The second-order valence-corrected chi connectivity index (χ2v) is 5.21. The summed E-state index contributed by atoms with van der Waals surface area (Å²) in [6.45, 7) is 4.70. The summed E-state index contributed by atoms with van der Waals surface area (Å²) >= 11 is 1.02. The van der Waals surface area contributed by atoms with E-state index in [0.717, 1.165) is 18.2 Å². The van der Waals surface area contributed by atoms with E-state index in [1.807, 2.05) is 0 Å². The number of nitrogens with one attached hydrogen (secondary N) is 1. The zero-order valence-corrected chi connectivity index (χ0v) is 12.8. The van der Waals surface area contributed by atoms with Crippen molar-refractivity contribution < 1.29 is 9.59 Å². The summed E-state index contributed by atoms with van der Waals surface area (Å²) in [7, 11) is 0. The second kappa shape index (κ2) is 13.4. The maximum absolute atomic E-state index is 11.4. The monoisotopic (exact) mass is 283 g/mol. The zero-order valence-electron chi connectivity index (χ0n) is 12.0. The quantitative estimate of drug-likeness (QED) is 0.490. The lowest BCUT2D eigenvalue weighted by molar-refractivity contribution is -0.116. The molecule has 0 saturated heterocycles. The number of hydrogen-bond donors (Lipinski definition) is 1. The van der Waals surface area contributed by atoms with Crippen LogP contribution in [0.25, 0.3) is 0 Å². The standard InChI is InChI=1S/C15H25NO2S/c1-3-5-6-7-8-9-12-16-14(17)11-13-19-15(18)10-4-2/h4,10-11,13H,3,5-9,12H2,1-2H3,(H,16,17)/b10-4?,13-11-. The lowest BCUT2D eigenvalue weighted by atomic mass is 10.1. The highest BCUT2D eigenvalue weighted by Gasteiger charge is 1.96. The Balaban J connectivity index is 3.48. The van der Waals surface area contributed by atoms with Crippen LogP contribution in [0.2, 0.25) is 0 Å². The van der Waals surface area contributed by atoms with Gasteiger partial charge in [0.25, 0.3) is 0 Å². The molecule has 0 spiro atoms. The van der Waals surface area contributed by atoms with E-state index in [1.165, 1.54) is 49.7 Å². The molecule has 4 heteroatoms. The first kappa shape index (κ1) is 18.0. The molecule has 0 heterocycles. The molecule has 0 rings (SSSR count). The summed E-state index contributed by atoms with van der Waals surface area (Å²) in [4.78, 5) is 22.5. The van der Waals surface area contributed by atoms with Crippen molar-refractivity contribution >= 4 is 22.8 Å². The second-order valence-electron chi connectivity index (χ2n) is 4.30. The van der Waals surface area contributed by atoms with Crippen molar-refractivity contribution in [3.8, 4) is 0 Å². The molecule has 0 atom stereocenters. The number of hydrogen-bond acceptors (Lipinski definition) is 3. The van der Waals surface area contributed by atoms with Crippen LogP contribution in [0, 0.1) is 0 Å². The summed E-state index contributed by atoms with van der Waals surface area (Å²) < 4.78 is 0. The van der Waals surface area contributed by atoms with Crippen molar-refractivity contribution in [2.75, 3.05) is 6.54 Å². The summed E-state index contributed by atoms with van der Waals surface area (Å²) in [5.74, 6) is -0.130. The van der Waals surface area contributed by atoms with Gasteiger partial charge in [-0.1, -0.05) is 56.9 Å². The van der Waals surface area contributed by atoms with E-state index in [0.29, 0.717) is 6.54 Å². The van der Waals surface area contributed by atoms with Crippen molar-refractivity contribution in [2.45, 2.75) is 52.4 Å². The van der Waals surface area contributed by atoms with Crippen molar-refractivity contribution in [2.24, 2.45) is 0 Å². The molecule has 0 radical (unpaired) electrons. The predicted molar refractivity (Wildman–Crippen MR) is 82.9 cm³/mol. The zero-order chi connectivity index (χ0) is 14.3. The van der Waals surface area contributed by atoms with Crippen LogP contribution in [-0.4, -0.2) is 17.6 Å². The van der Waals surface area contributed by atoms with E-state index >= 15 is 0 Å². The van der Waals surface area contributed by atoms with E-state index in [2.05, 4.69) is 12.2 Å². The average molecular weight is 283 g/mol. The smallest absolute Gasteiger partial charge is 0.244 e. The molecule has 0 aromatic carbocycles. The number of allylic oxidation sites excluding steroid dienone is 1. The van der Waals surface area contributed by atoms with Crippen LogP contribution >= 0.6 is 11.8 Å². The summed E-state index contributed by atoms with van der Waals surface area (Å²) in [5.41, 5.74) is 0. The molecule has 0 aromatic heterocycles. The van der Waals surface area contributed by atoms with Gasteiger partial charge in [-0.3, -0.25) is 9.59 Å². The van der Waals surface area contributed by atoms with Gasteiger partial charge in [-0.2, -0.15) is 0 Å². The Kier molecular flexibility index (Phi) is 12.7. The van der Waals surface area contributed by atoms with E-state index in [1.54, 1.807) is 13.0 Å². The molecular formula is C15H25NO2S. The Morgan fingerprint density at radius 1 is 1.05 bits per heavy atom. The van der Waals surface area contributed by atoms with Gasteiger partial charge in [-0.15, -0.1) is 0 Å². The topological polar surface area (TPSA) is 46.2 Å². The van der Waals surface area contributed by atoms with Crippen molar-refractivity contribution in [1.82, 2.24) is 5.32 Å². The molecule has 0 aliphatic rings. The van der Waals surface area contributed by atoms with Crippen LogP contribution in [0.15, 0.2) is 23.6 Å². The average Bonchev–Trinajstić information content (AvgIpc) is 2.38. The van der Waals surface area contributed by atoms with Gasteiger partial charge in [-0.05, 0) is 24.8 Å². The first-order valence-electron chi connectivity index (χ1n) is 6.98. The third-order valence-electron chi connectivity index (χ3n) is 2.54. The van der Waals surface area contributed by atoms with Crippen molar-refractivity contribution in [1.29, 1.82) is 0 Å². The van der Waals surface area contributed by atoms with Crippen LogP contribution in [0.3, 0.4) is 0 Å². The van der Waals surface area contributed by atoms with Gasteiger partial charge in [0.1, 0.15) is 0 Å². The molecular weight excluding hydrogens is 258 g/mol. The van der Waals surface area contributed by atoms with Crippen LogP contribution in [0.5, 0.6) is 0 Å². The minimum atomic E-state index is -0.130. The lowest BCUT2D eigenvalue weighted by Crippen LogP contribution is -2.21. The van der Waals surface area contributed by atoms with Gasteiger partial charge in [0.05, 0.1) is 0 Å². The van der Waals surface area contributed by atoms with Gasteiger partial charge in [-0.25, -0.2) is 0 Å². The molecule has 0 fully saturated rings. The molecule has 1 amide bonds. The minimum Gasteiger partial charge on any atom is -0.353 e. The molecule has 0 unspecified atom stereocenters. The summed E-state index contributed by atoms with van der Waals surface area (Å²) in [5, 5.41) is 4.27. The highest BCUT2D eigenvalue weighted by Crippen LogP contribution is 2.05. The Hall–Kier alpha value is -1.03. The number of unbranched alkanes of at least 4 members (excludes halogenated alkanes) is 5. The number of rotatable bonds is 10.